The number of halogens is 3. The molecule has 0 aliphatic rings. The number of rotatable bonds is 2. The average molecular weight is 232 g/mol. The second-order valence-electron chi connectivity index (χ2n) is 3.18. The molecular weight excluding hydrogens is 221 g/mol. The van der Waals surface area contributed by atoms with E-state index in [0.29, 0.717) is 12.0 Å². The molecule has 88 valence electrons. The van der Waals surface area contributed by atoms with E-state index in [9.17, 15) is 18.0 Å². The summed E-state index contributed by atoms with van der Waals surface area (Å²) in [7, 11) is 1.06. The van der Waals surface area contributed by atoms with Gasteiger partial charge in [-0.1, -0.05) is 19.1 Å². The lowest BCUT2D eigenvalue weighted by atomic mass is 9.99. The van der Waals surface area contributed by atoms with E-state index in [-0.39, 0.29) is 5.56 Å². The fourth-order valence-corrected chi connectivity index (χ4v) is 1.47. The first-order valence-corrected chi connectivity index (χ1v) is 4.69. The summed E-state index contributed by atoms with van der Waals surface area (Å²) in [5.74, 6) is -0.954. The van der Waals surface area contributed by atoms with Crippen molar-refractivity contribution in [1.29, 1.82) is 0 Å². The molecule has 0 saturated carbocycles. The molecule has 1 rings (SSSR count). The van der Waals surface area contributed by atoms with Crippen LogP contribution in [0.15, 0.2) is 18.2 Å². The summed E-state index contributed by atoms with van der Waals surface area (Å²) in [5, 5.41) is 0. The van der Waals surface area contributed by atoms with Gasteiger partial charge in [0.15, 0.2) is 0 Å². The molecule has 0 radical (unpaired) electrons. The lowest BCUT2D eigenvalue weighted by Crippen LogP contribution is -2.16. The lowest BCUT2D eigenvalue weighted by molar-refractivity contribution is -0.138. The first kappa shape index (κ1) is 12.5. The molecule has 0 bridgehead atoms. The lowest BCUT2D eigenvalue weighted by Gasteiger charge is -2.14. The highest BCUT2D eigenvalue weighted by Crippen LogP contribution is 2.33. The Labute approximate surface area is 91.0 Å². The van der Waals surface area contributed by atoms with E-state index in [1.807, 2.05) is 0 Å². The Bertz CT molecular complexity index is 397. The van der Waals surface area contributed by atoms with Crippen molar-refractivity contribution < 1.29 is 22.7 Å². The minimum absolute atomic E-state index is 0.335. The molecule has 0 saturated heterocycles. The van der Waals surface area contributed by atoms with Crippen molar-refractivity contribution in [2.75, 3.05) is 7.11 Å². The zero-order valence-corrected chi connectivity index (χ0v) is 8.89. The van der Waals surface area contributed by atoms with Crippen molar-refractivity contribution in [3.8, 4) is 0 Å². The van der Waals surface area contributed by atoms with Crippen LogP contribution in [0.1, 0.15) is 28.4 Å². The molecule has 0 atom stereocenters. The molecule has 5 heteroatoms. The Hall–Kier alpha value is -1.52. The van der Waals surface area contributed by atoms with Gasteiger partial charge in [0.2, 0.25) is 0 Å². The number of carbonyl (C=O) groups is 1. The molecule has 0 spiro atoms. The van der Waals surface area contributed by atoms with Crippen molar-refractivity contribution in [3.05, 3.63) is 34.9 Å². The van der Waals surface area contributed by atoms with Gasteiger partial charge in [-0.15, -0.1) is 0 Å². The highest BCUT2D eigenvalue weighted by Gasteiger charge is 2.36. The van der Waals surface area contributed by atoms with E-state index in [4.69, 9.17) is 0 Å². The standard InChI is InChI=1S/C11H11F3O2/c1-3-7-5-4-6-8(11(12,13)14)9(7)10(15)16-2/h4-6H,3H2,1-2H3. The largest absolute Gasteiger partial charge is 0.465 e. The molecule has 0 N–H and O–H groups in total. The van der Waals surface area contributed by atoms with E-state index in [2.05, 4.69) is 4.74 Å². The van der Waals surface area contributed by atoms with Crippen molar-refractivity contribution in [2.45, 2.75) is 19.5 Å². The second kappa shape index (κ2) is 4.55. The summed E-state index contributed by atoms with van der Waals surface area (Å²) in [5.41, 5.74) is -1.000. The summed E-state index contributed by atoms with van der Waals surface area (Å²) in [4.78, 5) is 11.3. The van der Waals surface area contributed by atoms with Crippen LogP contribution in [0.3, 0.4) is 0 Å². The SMILES string of the molecule is CCc1cccc(C(F)(F)F)c1C(=O)OC. The van der Waals surface area contributed by atoms with Crippen molar-refractivity contribution >= 4 is 5.97 Å². The van der Waals surface area contributed by atoms with Gasteiger partial charge in [-0.2, -0.15) is 13.2 Å². The summed E-state index contributed by atoms with van der Waals surface area (Å²) in [6, 6.07) is 3.65. The zero-order chi connectivity index (χ0) is 12.3. The summed E-state index contributed by atoms with van der Waals surface area (Å²) >= 11 is 0. The van der Waals surface area contributed by atoms with Gasteiger partial charge in [0, 0.05) is 0 Å². The minimum Gasteiger partial charge on any atom is -0.465 e. The molecule has 2 nitrogen and oxygen atoms in total. The molecule has 0 amide bonds. The van der Waals surface area contributed by atoms with Crippen LogP contribution in [0.5, 0.6) is 0 Å². The molecule has 0 aliphatic heterocycles. The van der Waals surface area contributed by atoms with E-state index < -0.39 is 17.7 Å². The van der Waals surface area contributed by atoms with Crippen LogP contribution in [0.4, 0.5) is 13.2 Å². The normalized spacial score (nSPS) is 11.3. The monoisotopic (exact) mass is 232 g/mol. The second-order valence-corrected chi connectivity index (χ2v) is 3.18. The third-order valence-corrected chi connectivity index (χ3v) is 2.23. The molecular formula is C11H11F3O2. The van der Waals surface area contributed by atoms with Gasteiger partial charge in [0.25, 0.3) is 0 Å². The Kier molecular flexibility index (Phi) is 3.57. The van der Waals surface area contributed by atoms with Gasteiger partial charge >= 0.3 is 12.1 Å². The first-order valence-electron chi connectivity index (χ1n) is 4.69. The van der Waals surface area contributed by atoms with Crippen molar-refractivity contribution in [1.82, 2.24) is 0 Å². The third kappa shape index (κ3) is 2.35. The fourth-order valence-electron chi connectivity index (χ4n) is 1.47. The molecule has 1 aromatic carbocycles. The maximum Gasteiger partial charge on any atom is 0.417 e. The van der Waals surface area contributed by atoms with E-state index in [1.165, 1.54) is 12.1 Å². The van der Waals surface area contributed by atoms with Crippen LogP contribution in [0, 0.1) is 0 Å². The maximum absolute atomic E-state index is 12.7. The molecule has 1 aromatic rings. The topological polar surface area (TPSA) is 26.3 Å². The molecule has 0 aromatic heterocycles. The zero-order valence-electron chi connectivity index (χ0n) is 8.89. The van der Waals surface area contributed by atoms with Crippen LogP contribution < -0.4 is 0 Å². The predicted molar refractivity (Wildman–Crippen MR) is 52.2 cm³/mol. The number of alkyl halides is 3. The van der Waals surface area contributed by atoms with Gasteiger partial charge in [-0.05, 0) is 18.1 Å². The first-order chi connectivity index (χ1) is 7.41. The van der Waals surface area contributed by atoms with Gasteiger partial charge in [-0.25, -0.2) is 4.79 Å². The highest BCUT2D eigenvalue weighted by molar-refractivity contribution is 5.93. The van der Waals surface area contributed by atoms with Crippen LogP contribution in [-0.4, -0.2) is 13.1 Å². The van der Waals surface area contributed by atoms with E-state index in [0.717, 1.165) is 13.2 Å². The Morgan fingerprint density at radius 3 is 2.44 bits per heavy atom. The number of esters is 1. The van der Waals surface area contributed by atoms with Gasteiger partial charge in [0.05, 0.1) is 18.2 Å². The Morgan fingerprint density at radius 1 is 1.38 bits per heavy atom. The summed E-state index contributed by atoms with van der Waals surface area (Å²) in [6.45, 7) is 1.68. The quantitative estimate of drug-likeness (QED) is 0.732. The molecule has 0 heterocycles. The predicted octanol–water partition coefficient (Wildman–Crippen LogP) is 3.05. The summed E-state index contributed by atoms with van der Waals surface area (Å²) < 4.78 is 42.3. The number of aryl methyl sites for hydroxylation is 1. The van der Waals surface area contributed by atoms with Gasteiger partial charge in [0.1, 0.15) is 0 Å². The average Bonchev–Trinajstić information content (AvgIpc) is 2.25. The van der Waals surface area contributed by atoms with E-state index in [1.54, 1.807) is 6.92 Å². The number of benzene rings is 1. The van der Waals surface area contributed by atoms with E-state index >= 15 is 0 Å². The van der Waals surface area contributed by atoms with Crippen molar-refractivity contribution in [2.24, 2.45) is 0 Å². The molecule has 0 aliphatic carbocycles. The number of carbonyl (C=O) groups excluding carboxylic acids is 1. The smallest absolute Gasteiger partial charge is 0.417 e. The Balaban J connectivity index is 3.44. The number of ether oxygens (including phenoxy) is 1. The number of methoxy groups -OCH3 is 1. The third-order valence-electron chi connectivity index (χ3n) is 2.23. The molecule has 16 heavy (non-hydrogen) atoms. The fraction of sp³-hybridized carbons (Fsp3) is 0.364. The van der Waals surface area contributed by atoms with Crippen LogP contribution in [-0.2, 0) is 17.3 Å². The van der Waals surface area contributed by atoms with Crippen LogP contribution >= 0.6 is 0 Å². The van der Waals surface area contributed by atoms with Gasteiger partial charge in [-0.3, -0.25) is 0 Å². The summed E-state index contributed by atoms with van der Waals surface area (Å²) in [6.07, 6.45) is -4.21. The van der Waals surface area contributed by atoms with Gasteiger partial charge < -0.3 is 4.74 Å². The molecule has 0 unspecified atom stereocenters. The highest BCUT2D eigenvalue weighted by atomic mass is 19.4. The molecule has 0 fully saturated rings. The number of hydrogen-bond acceptors (Lipinski definition) is 2. The Morgan fingerprint density at radius 2 is 2.00 bits per heavy atom. The van der Waals surface area contributed by atoms with Crippen LogP contribution in [0.2, 0.25) is 0 Å². The minimum atomic E-state index is -4.55. The number of hydrogen-bond donors (Lipinski definition) is 0. The maximum atomic E-state index is 12.7. The van der Waals surface area contributed by atoms with Crippen LogP contribution in [0.25, 0.3) is 0 Å². The van der Waals surface area contributed by atoms with Crippen molar-refractivity contribution in [3.63, 3.8) is 0 Å².